The van der Waals surface area contributed by atoms with Crippen LogP contribution in [0.2, 0.25) is 0 Å². The molecule has 0 aromatic heterocycles. The average Bonchev–Trinajstić information content (AvgIpc) is 2.86. The maximum Gasteiger partial charge on any atom is 0.265 e. The zero-order chi connectivity index (χ0) is 23.8. The second-order valence-electron chi connectivity index (χ2n) is 8.27. The van der Waals surface area contributed by atoms with Crippen LogP contribution in [0.5, 0.6) is 0 Å². The fraction of sp³-hybridized carbons (Fsp3) is 0.214. The minimum atomic E-state index is -0.162. The number of hydrogen-bond acceptors (Lipinski definition) is 4. The molecule has 1 heterocycles. The molecule has 6 heteroatoms. The van der Waals surface area contributed by atoms with Gasteiger partial charge in [0.1, 0.15) is 6.54 Å². The van der Waals surface area contributed by atoms with Crippen LogP contribution in [0.15, 0.2) is 94.7 Å². The average molecular weight is 472 g/mol. The van der Waals surface area contributed by atoms with Gasteiger partial charge in [-0.15, -0.1) is 0 Å². The first-order chi connectivity index (χ1) is 16.6. The maximum absolute atomic E-state index is 13.3. The lowest BCUT2D eigenvalue weighted by Gasteiger charge is -2.30. The van der Waals surface area contributed by atoms with Gasteiger partial charge in [-0.2, -0.15) is 0 Å². The van der Waals surface area contributed by atoms with Gasteiger partial charge in [0.2, 0.25) is 5.91 Å². The van der Waals surface area contributed by atoms with Crippen LogP contribution in [0.3, 0.4) is 0 Å². The summed E-state index contributed by atoms with van der Waals surface area (Å²) >= 11 is 1.45. The highest BCUT2D eigenvalue weighted by Gasteiger charge is 2.30. The van der Waals surface area contributed by atoms with Gasteiger partial charge in [0.25, 0.3) is 5.91 Å². The number of carbonyl (C=O) groups is 2. The number of rotatable bonds is 9. The van der Waals surface area contributed by atoms with Crippen molar-refractivity contribution in [2.45, 2.75) is 11.3 Å². The van der Waals surface area contributed by atoms with Crippen molar-refractivity contribution in [2.24, 2.45) is 0 Å². The van der Waals surface area contributed by atoms with E-state index in [2.05, 4.69) is 41.5 Å². The number of nitrogens with one attached hydrogen (secondary N) is 1. The lowest BCUT2D eigenvalue weighted by molar-refractivity contribution is -0.122. The summed E-state index contributed by atoms with van der Waals surface area (Å²) in [5.41, 5.74) is 3.04. The number of thioether (sulfide) groups is 1. The SMILES string of the molecule is CN(CCNC(=O)CN1C(=O)C(=Cc2ccccc2)Sc2ccccc21)CCc1ccccc1. The highest BCUT2D eigenvalue weighted by Crippen LogP contribution is 2.41. The molecule has 1 aliphatic rings. The van der Waals surface area contributed by atoms with Gasteiger partial charge in [-0.3, -0.25) is 14.5 Å². The second-order valence-corrected chi connectivity index (χ2v) is 9.35. The molecule has 3 aromatic carbocycles. The molecule has 2 amide bonds. The molecule has 1 N–H and O–H groups in total. The third-order valence-electron chi connectivity index (χ3n) is 5.67. The molecule has 0 saturated heterocycles. The molecular formula is C28H29N3O2S. The molecule has 0 spiro atoms. The highest BCUT2D eigenvalue weighted by atomic mass is 32.2. The van der Waals surface area contributed by atoms with Crippen molar-refractivity contribution in [3.8, 4) is 0 Å². The number of amides is 2. The lowest BCUT2D eigenvalue weighted by Crippen LogP contribution is -2.44. The third-order valence-corrected chi connectivity index (χ3v) is 6.75. The van der Waals surface area contributed by atoms with Crippen molar-refractivity contribution in [2.75, 3.05) is 38.1 Å². The number of anilines is 1. The maximum atomic E-state index is 13.3. The smallest absolute Gasteiger partial charge is 0.265 e. The van der Waals surface area contributed by atoms with Gasteiger partial charge >= 0.3 is 0 Å². The number of para-hydroxylation sites is 1. The largest absolute Gasteiger partial charge is 0.353 e. The highest BCUT2D eigenvalue weighted by molar-refractivity contribution is 8.04. The van der Waals surface area contributed by atoms with Gasteiger partial charge in [-0.05, 0) is 42.8 Å². The van der Waals surface area contributed by atoms with Crippen LogP contribution in [-0.2, 0) is 16.0 Å². The van der Waals surface area contributed by atoms with Gasteiger partial charge in [0, 0.05) is 24.5 Å². The lowest BCUT2D eigenvalue weighted by atomic mass is 10.1. The van der Waals surface area contributed by atoms with E-state index >= 15 is 0 Å². The Morgan fingerprint density at radius 1 is 0.941 bits per heavy atom. The monoisotopic (exact) mass is 471 g/mol. The first-order valence-corrected chi connectivity index (χ1v) is 12.3. The van der Waals surface area contributed by atoms with Crippen molar-refractivity contribution in [3.63, 3.8) is 0 Å². The number of carbonyl (C=O) groups excluding carboxylic acids is 2. The normalized spacial score (nSPS) is 14.4. The minimum Gasteiger partial charge on any atom is -0.353 e. The molecule has 3 aromatic rings. The van der Waals surface area contributed by atoms with Gasteiger partial charge in [-0.1, -0.05) is 84.6 Å². The van der Waals surface area contributed by atoms with E-state index < -0.39 is 0 Å². The molecular weight excluding hydrogens is 442 g/mol. The Balaban J connectivity index is 1.34. The molecule has 34 heavy (non-hydrogen) atoms. The van der Waals surface area contributed by atoms with E-state index in [0.717, 1.165) is 35.7 Å². The summed E-state index contributed by atoms with van der Waals surface area (Å²) < 4.78 is 0. The quantitative estimate of drug-likeness (QED) is 0.468. The summed E-state index contributed by atoms with van der Waals surface area (Å²) in [6.45, 7) is 2.20. The van der Waals surface area contributed by atoms with Crippen LogP contribution in [-0.4, -0.2) is 49.9 Å². The van der Waals surface area contributed by atoms with E-state index in [1.165, 1.54) is 17.3 Å². The van der Waals surface area contributed by atoms with Crippen molar-refractivity contribution < 1.29 is 9.59 Å². The minimum absolute atomic E-state index is 0.00370. The molecule has 0 saturated carbocycles. The van der Waals surface area contributed by atoms with Crippen LogP contribution in [0, 0.1) is 0 Å². The van der Waals surface area contributed by atoms with Gasteiger partial charge in [-0.25, -0.2) is 0 Å². The number of fused-ring (bicyclic) bond motifs is 1. The van der Waals surface area contributed by atoms with E-state index in [1.54, 1.807) is 4.90 Å². The Kier molecular flexibility index (Phi) is 8.17. The summed E-state index contributed by atoms with van der Waals surface area (Å²) in [5.74, 6) is -0.312. The summed E-state index contributed by atoms with van der Waals surface area (Å²) in [6.07, 6.45) is 2.86. The third kappa shape index (κ3) is 6.37. The molecule has 0 fully saturated rings. The zero-order valence-corrected chi connectivity index (χ0v) is 20.1. The molecule has 1 aliphatic heterocycles. The van der Waals surface area contributed by atoms with Crippen molar-refractivity contribution >= 4 is 35.3 Å². The Morgan fingerprint density at radius 2 is 1.62 bits per heavy atom. The van der Waals surface area contributed by atoms with Crippen LogP contribution in [0.4, 0.5) is 5.69 Å². The van der Waals surface area contributed by atoms with Gasteiger partial charge in [0.05, 0.1) is 10.6 Å². The van der Waals surface area contributed by atoms with Gasteiger partial charge < -0.3 is 10.2 Å². The van der Waals surface area contributed by atoms with Crippen molar-refractivity contribution in [3.05, 3.63) is 101 Å². The fourth-order valence-corrected chi connectivity index (χ4v) is 4.84. The topological polar surface area (TPSA) is 52.7 Å². The van der Waals surface area contributed by atoms with E-state index in [9.17, 15) is 9.59 Å². The molecule has 0 unspecified atom stereocenters. The number of hydrogen-bond donors (Lipinski definition) is 1. The predicted octanol–water partition coefficient (Wildman–Crippen LogP) is 4.46. The molecule has 5 nitrogen and oxygen atoms in total. The number of benzene rings is 3. The van der Waals surface area contributed by atoms with Crippen LogP contribution >= 0.6 is 11.8 Å². The Labute approximate surface area is 205 Å². The number of nitrogens with zero attached hydrogens (tertiary/aromatic N) is 2. The molecule has 0 radical (unpaired) electrons. The predicted molar refractivity (Wildman–Crippen MR) is 140 cm³/mol. The first kappa shape index (κ1) is 23.8. The van der Waals surface area contributed by atoms with Crippen molar-refractivity contribution in [1.82, 2.24) is 10.2 Å². The molecule has 0 atom stereocenters. The standard InChI is InChI=1S/C28H29N3O2S/c1-30(18-16-22-10-4-2-5-11-22)19-17-29-27(32)21-31-24-14-8-9-15-25(24)34-26(28(31)33)20-23-12-6-3-7-13-23/h2-15,20H,16-19,21H2,1H3,(H,29,32). The van der Waals surface area contributed by atoms with Crippen LogP contribution in [0.1, 0.15) is 11.1 Å². The van der Waals surface area contributed by atoms with E-state index in [-0.39, 0.29) is 18.4 Å². The Bertz CT molecular complexity index is 1150. The van der Waals surface area contributed by atoms with Gasteiger partial charge in [0.15, 0.2) is 0 Å². The first-order valence-electron chi connectivity index (χ1n) is 11.4. The van der Waals surface area contributed by atoms with Crippen LogP contribution < -0.4 is 10.2 Å². The summed E-state index contributed by atoms with van der Waals surface area (Å²) in [4.78, 5) is 31.4. The Hall–Kier alpha value is -3.35. The molecule has 4 rings (SSSR count). The summed E-state index contributed by atoms with van der Waals surface area (Å²) in [7, 11) is 2.05. The molecule has 0 bridgehead atoms. The fourth-order valence-electron chi connectivity index (χ4n) is 3.78. The Morgan fingerprint density at radius 3 is 2.38 bits per heavy atom. The second kappa shape index (κ2) is 11.7. The summed E-state index contributed by atoms with van der Waals surface area (Å²) in [5, 5.41) is 2.97. The molecule has 0 aliphatic carbocycles. The van der Waals surface area contributed by atoms with Crippen LogP contribution in [0.25, 0.3) is 6.08 Å². The van der Waals surface area contributed by atoms with Crippen molar-refractivity contribution in [1.29, 1.82) is 0 Å². The summed E-state index contributed by atoms with van der Waals surface area (Å²) in [6, 6.07) is 27.9. The van der Waals surface area contributed by atoms with E-state index in [0.29, 0.717) is 11.4 Å². The molecule has 174 valence electrons. The van der Waals surface area contributed by atoms with E-state index in [4.69, 9.17) is 0 Å². The zero-order valence-electron chi connectivity index (χ0n) is 19.3. The number of likely N-dealkylation sites (N-methyl/N-ethyl adjacent to an activating group) is 1. The van der Waals surface area contributed by atoms with E-state index in [1.807, 2.05) is 66.7 Å².